The molecule has 0 radical (unpaired) electrons. The molecule has 1 aromatic rings. The van der Waals surface area contributed by atoms with E-state index in [1.807, 2.05) is 24.3 Å². The van der Waals surface area contributed by atoms with E-state index in [9.17, 15) is 4.79 Å². The number of benzene rings is 1. The molecule has 7 heteroatoms. The van der Waals surface area contributed by atoms with Gasteiger partial charge in [-0.05, 0) is 58.0 Å². The van der Waals surface area contributed by atoms with Gasteiger partial charge in [0, 0.05) is 31.8 Å². The van der Waals surface area contributed by atoms with E-state index in [1.54, 1.807) is 0 Å². The zero-order chi connectivity index (χ0) is 20.7. The van der Waals surface area contributed by atoms with Crippen LogP contribution in [0.25, 0.3) is 0 Å². The van der Waals surface area contributed by atoms with Gasteiger partial charge in [-0.25, -0.2) is 0 Å². The lowest BCUT2D eigenvalue weighted by Gasteiger charge is -2.19. The van der Waals surface area contributed by atoms with Crippen LogP contribution in [0, 0.1) is 0 Å². The molecule has 1 saturated heterocycles. The van der Waals surface area contributed by atoms with Gasteiger partial charge in [-0.2, -0.15) is 0 Å². The molecule has 0 spiro atoms. The quantitative estimate of drug-likeness (QED) is 0.318. The Kier molecular flexibility index (Phi) is 11.0. The van der Waals surface area contributed by atoms with E-state index in [1.165, 1.54) is 45.7 Å². The molecule has 1 aliphatic rings. The van der Waals surface area contributed by atoms with Gasteiger partial charge < -0.3 is 25.6 Å². The number of guanidine groups is 1. The van der Waals surface area contributed by atoms with E-state index in [2.05, 4.69) is 32.8 Å². The van der Waals surface area contributed by atoms with Crippen LogP contribution in [-0.4, -0.2) is 62.6 Å². The summed E-state index contributed by atoms with van der Waals surface area (Å²) in [7, 11) is 0. The maximum absolute atomic E-state index is 11.1. The minimum absolute atomic E-state index is 0.0915. The second-order valence-corrected chi connectivity index (χ2v) is 7.35. The molecule has 0 bridgehead atoms. The summed E-state index contributed by atoms with van der Waals surface area (Å²) in [5.41, 5.74) is 0.738. The van der Waals surface area contributed by atoms with Crippen molar-refractivity contribution in [1.82, 2.24) is 15.5 Å². The van der Waals surface area contributed by atoms with Crippen molar-refractivity contribution >= 4 is 17.6 Å². The molecule has 3 N–H and O–H groups in total. The van der Waals surface area contributed by atoms with Crippen molar-refractivity contribution in [3.05, 3.63) is 24.3 Å². The van der Waals surface area contributed by atoms with Gasteiger partial charge in [-0.3, -0.25) is 9.79 Å². The lowest BCUT2D eigenvalue weighted by molar-refractivity contribution is -0.114. The van der Waals surface area contributed by atoms with Gasteiger partial charge in [0.1, 0.15) is 12.4 Å². The predicted molar refractivity (Wildman–Crippen MR) is 120 cm³/mol. The number of anilines is 1. The van der Waals surface area contributed by atoms with Crippen LogP contribution in [0.4, 0.5) is 5.69 Å². The molecule has 0 aliphatic carbocycles. The number of nitrogens with one attached hydrogen (secondary N) is 3. The van der Waals surface area contributed by atoms with Crippen LogP contribution >= 0.6 is 0 Å². The first kappa shape index (κ1) is 23.0. The van der Waals surface area contributed by atoms with E-state index in [4.69, 9.17) is 4.74 Å². The molecule has 0 saturated carbocycles. The molecule has 1 aromatic carbocycles. The monoisotopic (exact) mass is 403 g/mol. The Labute approximate surface area is 175 Å². The van der Waals surface area contributed by atoms with Crippen LogP contribution in [0.1, 0.15) is 46.0 Å². The van der Waals surface area contributed by atoms with Gasteiger partial charge >= 0.3 is 0 Å². The average molecular weight is 404 g/mol. The zero-order valence-corrected chi connectivity index (χ0v) is 18.0. The maximum Gasteiger partial charge on any atom is 0.221 e. The lowest BCUT2D eigenvalue weighted by Crippen LogP contribution is -2.39. The SMILES string of the molecule is CCNC(=NCCCN1CCCCCC1)NCCOc1cccc(NC(C)=O)c1. The molecule has 1 amide bonds. The van der Waals surface area contributed by atoms with Gasteiger partial charge in [0.25, 0.3) is 0 Å². The van der Waals surface area contributed by atoms with Crippen molar-refractivity contribution in [3.63, 3.8) is 0 Å². The highest BCUT2D eigenvalue weighted by molar-refractivity contribution is 5.88. The van der Waals surface area contributed by atoms with Crippen molar-refractivity contribution in [2.75, 3.05) is 51.2 Å². The number of likely N-dealkylation sites (tertiary alicyclic amines) is 1. The second kappa shape index (κ2) is 13.8. The highest BCUT2D eigenvalue weighted by atomic mass is 16.5. The topological polar surface area (TPSA) is 78.0 Å². The molecule has 0 unspecified atom stereocenters. The summed E-state index contributed by atoms with van der Waals surface area (Å²) in [6.45, 7) is 10.0. The molecule has 29 heavy (non-hydrogen) atoms. The number of amides is 1. The minimum atomic E-state index is -0.0915. The molecular weight excluding hydrogens is 366 g/mol. The Morgan fingerprint density at radius 3 is 2.69 bits per heavy atom. The molecule has 0 aromatic heterocycles. The van der Waals surface area contributed by atoms with Crippen molar-refractivity contribution in [3.8, 4) is 5.75 Å². The standard InChI is InChI=1S/C22H37N5O2/c1-3-23-22(24-12-9-16-27-14-6-4-5-7-15-27)25-13-17-29-21-11-8-10-20(18-21)26-19(2)28/h8,10-11,18H,3-7,9,12-17H2,1-2H3,(H,26,28)(H2,23,24,25). The number of hydrogen-bond donors (Lipinski definition) is 3. The number of rotatable bonds is 10. The van der Waals surface area contributed by atoms with Gasteiger partial charge in [0.2, 0.25) is 5.91 Å². The van der Waals surface area contributed by atoms with Crippen LogP contribution in [0.5, 0.6) is 5.75 Å². The lowest BCUT2D eigenvalue weighted by atomic mass is 10.2. The third kappa shape index (κ3) is 10.2. The number of hydrogen-bond acceptors (Lipinski definition) is 4. The van der Waals surface area contributed by atoms with Crippen LogP contribution in [-0.2, 0) is 4.79 Å². The first-order valence-electron chi connectivity index (χ1n) is 10.9. The molecule has 1 heterocycles. The Morgan fingerprint density at radius 1 is 1.17 bits per heavy atom. The third-order valence-corrected chi connectivity index (χ3v) is 4.76. The summed E-state index contributed by atoms with van der Waals surface area (Å²) >= 11 is 0. The van der Waals surface area contributed by atoms with E-state index in [-0.39, 0.29) is 5.91 Å². The summed E-state index contributed by atoms with van der Waals surface area (Å²) in [6, 6.07) is 7.41. The number of aliphatic imine (C=N–C) groups is 1. The van der Waals surface area contributed by atoms with Gasteiger partial charge in [0.05, 0.1) is 6.54 Å². The van der Waals surface area contributed by atoms with Crippen molar-refractivity contribution in [2.24, 2.45) is 4.99 Å². The highest BCUT2D eigenvalue weighted by Crippen LogP contribution is 2.17. The smallest absolute Gasteiger partial charge is 0.221 e. The summed E-state index contributed by atoms with van der Waals surface area (Å²) in [5.74, 6) is 1.47. The minimum Gasteiger partial charge on any atom is -0.492 e. The number of ether oxygens (including phenoxy) is 1. The maximum atomic E-state index is 11.1. The Bertz CT molecular complexity index is 627. The summed E-state index contributed by atoms with van der Waals surface area (Å²) in [5, 5.41) is 9.36. The van der Waals surface area contributed by atoms with Crippen molar-refractivity contribution < 1.29 is 9.53 Å². The van der Waals surface area contributed by atoms with E-state index >= 15 is 0 Å². The molecule has 0 atom stereocenters. The number of carbonyl (C=O) groups excluding carboxylic acids is 1. The Hall–Kier alpha value is -2.28. The van der Waals surface area contributed by atoms with Gasteiger partial charge in [0.15, 0.2) is 5.96 Å². The van der Waals surface area contributed by atoms with E-state index < -0.39 is 0 Å². The van der Waals surface area contributed by atoms with Crippen LogP contribution in [0.2, 0.25) is 0 Å². The zero-order valence-electron chi connectivity index (χ0n) is 18.0. The van der Waals surface area contributed by atoms with E-state index in [0.29, 0.717) is 13.2 Å². The number of carbonyl (C=O) groups is 1. The van der Waals surface area contributed by atoms with Crippen molar-refractivity contribution in [2.45, 2.75) is 46.0 Å². The molecule has 2 rings (SSSR count). The van der Waals surface area contributed by atoms with Gasteiger partial charge in [-0.1, -0.05) is 18.9 Å². The van der Waals surface area contributed by atoms with Gasteiger partial charge in [-0.15, -0.1) is 0 Å². The summed E-state index contributed by atoms with van der Waals surface area (Å²) < 4.78 is 5.77. The normalized spacial score (nSPS) is 15.4. The Morgan fingerprint density at radius 2 is 1.97 bits per heavy atom. The second-order valence-electron chi connectivity index (χ2n) is 7.35. The largest absolute Gasteiger partial charge is 0.492 e. The van der Waals surface area contributed by atoms with Crippen LogP contribution < -0.4 is 20.7 Å². The molecule has 1 aliphatic heterocycles. The molecular formula is C22H37N5O2. The third-order valence-electron chi connectivity index (χ3n) is 4.76. The Balaban J connectivity index is 1.67. The highest BCUT2D eigenvalue weighted by Gasteiger charge is 2.08. The number of nitrogens with zero attached hydrogens (tertiary/aromatic N) is 2. The first-order valence-corrected chi connectivity index (χ1v) is 10.9. The molecule has 7 nitrogen and oxygen atoms in total. The van der Waals surface area contributed by atoms with Crippen molar-refractivity contribution in [1.29, 1.82) is 0 Å². The molecule has 1 fully saturated rings. The fourth-order valence-corrected chi connectivity index (χ4v) is 3.39. The fraction of sp³-hybridized carbons (Fsp3) is 0.636. The summed E-state index contributed by atoms with van der Waals surface area (Å²) in [4.78, 5) is 18.4. The van der Waals surface area contributed by atoms with Crippen LogP contribution in [0.3, 0.4) is 0 Å². The molecule has 162 valence electrons. The first-order chi connectivity index (χ1) is 14.2. The average Bonchev–Trinajstić information content (AvgIpc) is 2.97. The fourth-order valence-electron chi connectivity index (χ4n) is 3.39. The summed E-state index contributed by atoms with van der Waals surface area (Å²) in [6.07, 6.45) is 6.51. The van der Waals surface area contributed by atoms with E-state index in [0.717, 1.165) is 43.5 Å². The predicted octanol–water partition coefficient (Wildman–Crippen LogP) is 2.84. The van der Waals surface area contributed by atoms with Crippen LogP contribution in [0.15, 0.2) is 29.3 Å².